The number of carbonyl (C=O) groups is 4. The predicted octanol–water partition coefficient (Wildman–Crippen LogP) is 5.65. The standard InChI is InChI=1S/C42H50N8O6S2/c51-37(45-31-19-21-57-35-15-7-13-33(49(35)41(31)53)39-47-43-25-55-39)29(23-27-9-3-1-4-10-27)17-18-30(24-28-11-5-2-6-12-28)38(52)46-32-20-22-58-36-16-8-14-34(50(36)42(32)54)40-48-44-26-56-40/h1-6,9-12,25-26,29-36H,7-8,13-24H2,(H,45,51)(H,46,52)/t29-,30-,31+,32+,33+,34+,35+,36+/m1/s1. The summed E-state index contributed by atoms with van der Waals surface area (Å²) >= 11 is 3.47. The molecule has 2 aromatic heterocycles. The van der Waals surface area contributed by atoms with Gasteiger partial charge >= 0.3 is 0 Å². The van der Waals surface area contributed by atoms with Crippen LogP contribution in [0.5, 0.6) is 0 Å². The predicted molar refractivity (Wildman–Crippen MR) is 218 cm³/mol. The van der Waals surface area contributed by atoms with E-state index in [2.05, 4.69) is 31.0 Å². The van der Waals surface area contributed by atoms with Crippen molar-refractivity contribution in [1.82, 2.24) is 40.8 Å². The molecule has 4 amide bonds. The molecule has 4 aromatic rings. The van der Waals surface area contributed by atoms with Gasteiger partial charge in [-0.15, -0.1) is 43.9 Å². The molecule has 6 heterocycles. The summed E-state index contributed by atoms with van der Waals surface area (Å²) in [5.74, 6) is 0.577. The molecule has 14 nitrogen and oxygen atoms in total. The molecule has 0 spiro atoms. The summed E-state index contributed by atoms with van der Waals surface area (Å²) in [4.78, 5) is 61.2. The first-order valence-electron chi connectivity index (χ1n) is 20.5. The minimum atomic E-state index is -0.705. The monoisotopic (exact) mass is 826 g/mol. The number of nitrogens with zero attached hydrogens (tertiary/aromatic N) is 6. The number of rotatable bonds is 13. The summed E-state index contributed by atoms with van der Waals surface area (Å²) in [6.45, 7) is 0. The zero-order valence-electron chi connectivity index (χ0n) is 32.4. The Labute approximate surface area is 346 Å². The Balaban J connectivity index is 0.998. The van der Waals surface area contributed by atoms with Crippen LogP contribution >= 0.6 is 23.5 Å². The van der Waals surface area contributed by atoms with Crippen molar-refractivity contribution in [2.45, 2.75) is 112 Å². The van der Waals surface area contributed by atoms with Crippen LogP contribution in [0.15, 0.2) is 82.3 Å². The van der Waals surface area contributed by atoms with Gasteiger partial charge in [-0.1, -0.05) is 60.7 Å². The Morgan fingerprint density at radius 2 is 1.07 bits per heavy atom. The number of thioether (sulfide) groups is 2. The smallest absolute Gasteiger partial charge is 0.246 e. The maximum atomic E-state index is 14.4. The summed E-state index contributed by atoms with van der Waals surface area (Å²) < 4.78 is 11.2. The van der Waals surface area contributed by atoms with E-state index < -0.39 is 23.9 Å². The van der Waals surface area contributed by atoms with Crippen LogP contribution in [0, 0.1) is 11.8 Å². The molecule has 8 rings (SSSR count). The Bertz CT molecular complexity index is 1830. The molecule has 4 aliphatic heterocycles. The van der Waals surface area contributed by atoms with Gasteiger partial charge in [-0.3, -0.25) is 19.2 Å². The van der Waals surface area contributed by atoms with Gasteiger partial charge in [0, 0.05) is 11.8 Å². The highest BCUT2D eigenvalue weighted by atomic mass is 32.2. The fourth-order valence-corrected chi connectivity index (χ4v) is 11.7. The summed E-state index contributed by atoms with van der Waals surface area (Å²) in [6, 6.07) is 17.6. The molecule has 8 atom stereocenters. The van der Waals surface area contributed by atoms with Crippen LogP contribution < -0.4 is 10.6 Å². The van der Waals surface area contributed by atoms with Gasteiger partial charge < -0.3 is 29.3 Å². The number of nitrogens with one attached hydrogen (secondary N) is 2. The molecule has 0 aliphatic carbocycles. The Hall–Kier alpha value is -4.70. The lowest BCUT2D eigenvalue weighted by atomic mass is 9.86. The number of hydrogen-bond donors (Lipinski definition) is 2. The van der Waals surface area contributed by atoms with Gasteiger partial charge in [0.15, 0.2) is 0 Å². The highest BCUT2D eigenvalue weighted by Gasteiger charge is 2.45. The van der Waals surface area contributed by atoms with Crippen molar-refractivity contribution in [3.63, 3.8) is 0 Å². The molecule has 0 unspecified atom stereocenters. The van der Waals surface area contributed by atoms with E-state index in [1.807, 2.05) is 70.5 Å². The van der Waals surface area contributed by atoms with Crippen LogP contribution in [0.4, 0.5) is 0 Å². The molecular weight excluding hydrogens is 777 g/mol. The van der Waals surface area contributed by atoms with Crippen molar-refractivity contribution in [3.8, 4) is 0 Å². The fraction of sp³-hybridized carbons (Fsp3) is 0.524. The topological polar surface area (TPSA) is 177 Å². The quantitative estimate of drug-likeness (QED) is 0.170. The zero-order chi connectivity index (χ0) is 39.8. The lowest BCUT2D eigenvalue weighted by Crippen LogP contribution is -2.53. The van der Waals surface area contributed by atoms with E-state index in [4.69, 9.17) is 8.83 Å². The number of fused-ring (bicyclic) bond motifs is 2. The van der Waals surface area contributed by atoms with E-state index in [1.165, 1.54) is 12.8 Å². The van der Waals surface area contributed by atoms with Crippen LogP contribution in [0.25, 0.3) is 0 Å². The van der Waals surface area contributed by atoms with Gasteiger partial charge in [0.1, 0.15) is 24.2 Å². The highest BCUT2D eigenvalue weighted by Crippen LogP contribution is 2.42. The Morgan fingerprint density at radius 3 is 1.47 bits per heavy atom. The third-order valence-electron chi connectivity index (χ3n) is 11.9. The number of piperidine rings is 2. The molecule has 4 saturated heterocycles. The first-order valence-corrected chi connectivity index (χ1v) is 22.6. The van der Waals surface area contributed by atoms with Gasteiger partial charge in [-0.2, -0.15) is 0 Å². The molecule has 4 aliphatic rings. The summed E-state index contributed by atoms with van der Waals surface area (Å²) in [5.41, 5.74) is 1.99. The normalized spacial score (nSPS) is 26.1. The number of hydrogen-bond acceptors (Lipinski definition) is 12. The molecule has 0 saturated carbocycles. The van der Waals surface area contributed by atoms with Crippen molar-refractivity contribution in [3.05, 3.63) is 96.4 Å². The molecule has 16 heteroatoms. The molecule has 0 bridgehead atoms. The van der Waals surface area contributed by atoms with Crippen molar-refractivity contribution >= 4 is 47.2 Å². The molecule has 2 aromatic carbocycles. The Kier molecular flexibility index (Phi) is 13.1. The van der Waals surface area contributed by atoms with Crippen molar-refractivity contribution < 1.29 is 28.0 Å². The fourth-order valence-electron chi connectivity index (χ4n) is 8.94. The van der Waals surface area contributed by atoms with Crippen molar-refractivity contribution in [1.29, 1.82) is 0 Å². The first kappa shape index (κ1) is 40.1. The molecule has 2 N–H and O–H groups in total. The second kappa shape index (κ2) is 18.9. The number of benzene rings is 2. The molecule has 4 fully saturated rings. The van der Waals surface area contributed by atoms with Gasteiger partial charge in [0.2, 0.25) is 48.2 Å². The maximum Gasteiger partial charge on any atom is 0.246 e. The maximum absolute atomic E-state index is 14.4. The zero-order valence-corrected chi connectivity index (χ0v) is 34.0. The van der Waals surface area contributed by atoms with E-state index in [9.17, 15) is 19.2 Å². The minimum absolute atomic E-state index is 0.0261. The summed E-state index contributed by atoms with van der Waals surface area (Å²) in [7, 11) is 0. The van der Waals surface area contributed by atoms with E-state index in [1.54, 1.807) is 23.5 Å². The number of aromatic nitrogens is 4. The summed E-state index contributed by atoms with van der Waals surface area (Å²) in [5, 5.41) is 22.3. The third-order valence-corrected chi connectivity index (χ3v) is 14.5. The van der Waals surface area contributed by atoms with Crippen LogP contribution in [0.2, 0.25) is 0 Å². The van der Waals surface area contributed by atoms with Gasteiger partial charge in [0.05, 0.1) is 10.7 Å². The van der Waals surface area contributed by atoms with E-state index in [0.717, 1.165) is 61.2 Å². The SMILES string of the molecule is O=C(N[C@H]1CCS[C@H]2CCC[C@@H](c3nnco3)N2C1=O)[C@H](CC[C@H](Cc1ccccc1)C(=O)N[C@H]1CCS[C@H]2CCC[C@@H](c3nnco3)N2C1=O)Cc1ccccc1. The van der Waals surface area contributed by atoms with E-state index >= 15 is 0 Å². The number of amides is 4. The Morgan fingerprint density at radius 1 is 0.638 bits per heavy atom. The highest BCUT2D eigenvalue weighted by molar-refractivity contribution is 8.00. The molecule has 58 heavy (non-hydrogen) atoms. The minimum Gasteiger partial charge on any atom is -0.426 e. The van der Waals surface area contributed by atoms with Crippen LogP contribution in [0.1, 0.15) is 99.2 Å². The van der Waals surface area contributed by atoms with Crippen molar-refractivity contribution in [2.75, 3.05) is 11.5 Å². The number of carbonyl (C=O) groups excluding carboxylic acids is 4. The molecule has 306 valence electrons. The second-order valence-electron chi connectivity index (χ2n) is 15.6. The van der Waals surface area contributed by atoms with E-state index in [0.29, 0.717) is 50.3 Å². The lowest BCUT2D eigenvalue weighted by molar-refractivity contribution is -0.142. The van der Waals surface area contributed by atoms with Gasteiger partial charge in [-0.25, -0.2) is 0 Å². The lowest BCUT2D eigenvalue weighted by Gasteiger charge is -2.40. The second-order valence-corrected chi connectivity index (χ2v) is 18.2. The van der Waals surface area contributed by atoms with Crippen LogP contribution in [-0.2, 0) is 32.0 Å². The van der Waals surface area contributed by atoms with Gasteiger partial charge in [-0.05, 0) is 99.7 Å². The molecule has 0 radical (unpaired) electrons. The summed E-state index contributed by atoms with van der Waals surface area (Å²) in [6.07, 6.45) is 10.4. The van der Waals surface area contributed by atoms with E-state index in [-0.39, 0.29) is 46.5 Å². The molecular formula is C42H50N8O6S2. The average molecular weight is 827 g/mol. The average Bonchev–Trinajstić information content (AvgIpc) is 3.95. The van der Waals surface area contributed by atoms with Crippen LogP contribution in [-0.4, -0.2) is 88.2 Å². The first-order chi connectivity index (χ1) is 28.4. The van der Waals surface area contributed by atoms with Gasteiger partial charge in [0.25, 0.3) is 0 Å². The largest absolute Gasteiger partial charge is 0.426 e. The van der Waals surface area contributed by atoms with Crippen LogP contribution in [0.3, 0.4) is 0 Å². The van der Waals surface area contributed by atoms with Crippen molar-refractivity contribution in [2.24, 2.45) is 11.8 Å². The third kappa shape index (κ3) is 9.27.